The molecule has 17 heavy (non-hydrogen) atoms. The van der Waals surface area contributed by atoms with E-state index >= 15 is 0 Å². The van der Waals surface area contributed by atoms with Gasteiger partial charge < -0.3 is 5.32 Å². The summed E-state index contributed by atoms with van der Waals surface area (Å²) in [6, 6.07) is 12.2. The average molecular weight is 245 g/mol. The maximum absolute atomic E-state index is 11.6. The number of hydrogen-bond donors (Lipinski definition) is 1. The number of nitrogens with one attached hydrogen (secondary N) is 1. The zero-order valence-corrected chi connectivity index (χ0v) is 10.4. The minimum absolute atomic E-state index is 0.0966. The van der Waals surface area contributed by atoms with Gasteiger partial charge in [0.15, 0.2) is 0 Å². The summed E-state index contributed by atoms with van der Waals surface area (Å²) >= 11 is 1.62. The quantitative estimate of drug-likeness (QED) is 0.862. The van der Waals surface area contributed by atoms with Crippen molar-refractivity contribution in [3.63, 3.8) is 0 Å². The summed E-state index contributed by atoms with van der Waals surface area (Å²) < 4.78 is 0. The Bertz CT molecular complexity index is 450. The van der Waals surface area contributed by atoms with E-state index in [4.69, 9.17) is 0 Å². The van der Waals surface area contributed by atoms with Gasteiger partial charge in [0.25, 0.3) is 0 Å². The molecule has 2 aromatic rings. The van der Waals surface area contributed by atoms with Gasteiger partial charge in [0.2, 0.25) is 5.91 Å². The number of hydrogen-bond acceptors (Lipinski definition) is 2. The molecule has 0 fully saturated rings. The predicted octanol–water partition coefficient (Wildman–Crippen LogP) is 2.65. The van der Waals surface area contributed by atoms with E-state index in [9.17, 15) is 4.79 Å². The van der Waals surface area contributed by atoms with Crippen molar-refractivity contribution >= 4 is 17.2 Å². The number of carbonyl (C=O) groups excluding carboxylic acids is 1. The molecule has 2 rings (SSSR count). The number of thiophene rings is 1. The number of rotatable bonds is 5. The molecule has 0 saturated heterocycles. The smallest absolute Gasteiger partial charge is 0.224 e. The van der Waals surface area contributed by atoms with Gasteiger partial charge in [-0.25, -0.2) is 0 Å². The van der Waals surface area contributed by atoms with E-state index in [2.05, 4.69) is 17.4 Å². The van der Waals surface area contributed by atoms with Crippen LogP contribution >= 0.6 is 11.3 Å². The first-order chi connectivity index (χ1) is 8.34. The van der Waals surface area contributed by atoms with Crippen molar-refractivity contribution in [3.05, 3.63) is 58.3 Å². The van der Waals surface area contributed by atoms with Crippen LogP contribution in [-0.4, -0.2) is 12.5 Å². The Morgan fingerprint density at radius 3 is 2.65 bits per heavy atom. The Labute approximate surface area is 105 Å². The largest absolute Gasteiger partial charge is 0.355 e. The molecular weight excluding hydrogens is 230 g/mol. The van der Waals surface area contributed by atoms with Crippen molar-refractivity contribution in [2.75, 3.05) is 6.54 Å². The van der Waals surface area contributed by atoms with E-state index in [1.807, 2.05) is 35.0 Å². The number of amides is 1. The third-order valence-electron chi connectivity index (χ3n) is 2.52. The van der Waals surface area contributed by atoms with Crippen LogP contribution in [0.5, 0.6) is 0 Å². The molecule has 88 valence electrons. The Hall–Kier alpha value is -1.61. The van der Waals surface area contributed by atoms with Crippen LogP contribution in [0.1, 0.15) is 11.1 Å². The summed E-state index contributed by atoms with van der Waals surface area (Å²) in [5.41, 5.74) is 2.34. The van der Waals surface area contributed by atoms with E-state index in [-0.39, 0.29) is 5.91 Å². The van der Waals surface area contributed by atoms with Crippen molar-refractivity contribution in [3.8, 4) is 0 Å². The minimum Gasteiger partial charge on any atom is -0.355 e. The highest BCUT2D eigenvalue weighted by atomic mass is 32.1. The van der Waals surface area contributed by atoms with E-state index < -0.39 is 0 Å². The third kappa shape index (κ3) is 4.04. The molecule has 1 amide bonds. The predicted molar refractivity (Wildman–Crippen MR) is 71.2 cm³/mol. The van der Waals surface area contributed by atoms with Gasteiger partial charge in [-0.05, 0) is 34.4 Å². The minimum atomic E-state index is 0.0966. The van der Waals surface area contributed by atoms with Crippen LogP contribution in [0, 0.1) is 0 Å². The normalized spacial score (nSPS) is 10.1. The Morgan fingerprint density at radius 1 is 1.12 bits per heavy atom. The van der Waals surface area contributed by atoms with Crippen LogP contribution in [0.4, 0.5) is 0 Å². The topological polar surface area (TPSA) is 29.1 Å². The molecule has 0 aliphatic heterocycles. The van der Waals surface area contributed by atoms with Crippen molar-refractivity contribution in [2.45, 2.75) is 12.8 Å². The molecule has 0 bridgehead atoms. The van der Waals surface area contributed by atoms with E-state index in [0.717, 1.165) is 12.0 Å². The molecule has 0 saturated carbocycles. The Morgan fingerprint density at radius 2 is 1.94 bits per heavy atom. The fraction of sp³-hybridized carbons (Fsp3) is 0.214. The van der Waals surface area contributed by atoms with E-state index in [0.29, 0.717) is 13.0 Å². The van der Waals surface area contributed by atoms with Crippen LogP contribution in [0.2, 0.25) is 0 Å². The maximum atomic E-state index is 11.6. The van der Waals surface area contributed by atoms with Crippen molar-refractivity contribution in [1.29, 1.82) is 0 Å². The van der Waals surface area contributed by atoms with Gasteiger partial charge in [0, 0.05) is 6.54 Å². The summed E-state index contributed by atoms with van der Waals surface area (Å²) in [6.07, 6.45) is 1.37. The molecule has 1 heterocycles. The number of benzene rings is 1. The summed E-state index contributed by atoms with van der Waals surface area (Å²) in [4.78, 5) is 11.6. The van der Waals surface area contributed by atoms with Gasteiger partial charge >= 0.3 is 0 Å². The monoisotopic (exact) mass is 245 g/mol. The average Bonchev–Trinajstić information content (AvgIpc) is 2.83. The number of carbonyl (C=O) groups is 1. The fourth-order valence-corrected chi connectivity index (χ4v) is 2.30. The van der Waals surface area contributed by atoms with Crippen LogP contribution in [0.25, 0.3) is 0 Å². The Kier molecular flexibility index (Phi) is 4.33. The zero-order valence-electron chi connectivity index (χ0n) is 9.56. The van der Waals surface area contributed by atoms with Gasteiger partial charge in [0.05, 0.1) is 6.42 Å². The molecule has 0 aliphatic rings. The first-order valence-corrected chi connectivity index (χ1v) is 6.60. The highest BCUT2D eigenvalue weighted by molar-refractivity contribution is 7.07. The molecule has 0 atom stereocenters. The standard InChI is InChI=1S/C14H15NOS/c16-14(10-13-7-9-17-11-13)15-8-6-12-4-2-1-3-5-12/h1-5,7,9,11H,6,8,10H2,(H,15,16). The maximum Gasteiger partial charge on any atom is 0.224 e. The van der Waals surface area contributed by atoms with Crippen LogP contribution < -0.4 is 5.32 Å². The lowest BCUT2D eigenvalue weighted by atomic mass is 10.1. The van der Waals surface area contributed by atoms with Gasteiger partial charge in [0.1, 0.15) is 0 Å². The van der Waals surface area contributed by atoms with E-state index in [1.54, 1.807) is 11.3 Å². The van der Waals surface area contributed by atoms with Gasteiger partial charge in [-0.15, -0.1) is 0 Å². The van der Waals surface area contributed by atoms with Gasteiger partial charge in [-0.1, -0.05) is 30.3 Å². The van der Waals surface area contributed by atoms with E-state index in [1.165, 1.54) is 5.56 Å². The SMILES string of the molecule is O=C(Cc1ccsc1)NCCc1ccccc1. The van der Waals surface area contributed by atoms with Crippen molar-refractivity contribution in [1.82, 2.24) is 5.32 Å². The summed E-state index contributed by atoms with van der Waals surface area (Å²) in [5.74, 6) is 0.0966. The van der Waals surface area contributed by atoms with Crippen LogP contribution in [0.3, 0.4) is 0 Å². The molecule has 0 radical (unpaired) electrons. The molecular formula is C14H15NOS. The molecule has 1 aromatic carbocycles. The molecule has 0 spiro atoms. The second-order valence-corrected chi connectivity index (χ2v) is 4.67. The second-order valence-electron chi connectivity index (χ2n) is 3.89. The van der Waals surface area contributed by atoms with Gasteiger partial charge in [-0.2, -0.15) is 11.3 Å². The molecule has 3 heteroatoms. The summed E-state index contributed by atoms with van der Waals surface area (Å²) in [5, 5.41) is 6.94. The lowest BCUT2D eigenvalue weighted by Gasteiger charge is -2.04. The Balaban J connectivity index is 1.70. The van der Waals surface area contributed by atoms with Crippen molar-refractivity contribution in [2.24, 2.45) is 0 Å². The first kappa shape index (κ1) is 11.9. The molecule has 0 unspecified atom stereocenters. The third-order valence-corrected chi connectivity index (χ3v) is 3.26. The second kappa shape index (κ2) is 6.21. The van der Waals surface area contributed by atoms with Gasteiger partial charge in [-0.3, -0.25) is 4.79 Å². The molecule has 0 aliphatic carbocycles. The summed E-state index contributed by atoms with van der Waals surface area (Å²) in [7, 11) is 0. The van der Waals surface area contributed by atoms with Crippen LogP contribution in [0.15, 0.2) is 47.2 Å². The highest BCUT2D eigenvalue weighted by Gasteiger charge is 2.02. The molecule has 2 nitrogen and oxygen atoms in total. The van der Waals surface area contributed by atoms with Crippen molar-refractivity contribution < 1.29 is 4.79 Å². The molecule has 1 aromatic heterocycles. The lowest BCUT2D eigenvalue weighted by molar-refractivity contribution is -0.120. The van der Waals surface area contributed by atoms with Crippen LogP contribution in [-0.2, 0) is 17.6 Å². The first-order valence-electron chi connectivity index (χ1n) is 5.66. The summed E-state index contributed by atoms with van der Waals surface area (Å²) in [6.45, 7) is 0.701. The highest BCUT2D eigenvalue weighted by Crippen LogP contribution is 2.06. The molecule has 1 N–H and O–H groups in total. The zero-order chi connectivity index (χ0) is 11.9. The lowest BCUT2D eigenvalue weighted by Crippen LogP contribution is -2.27. The fourth-order valence-electron chi connectivity index (χ4n) is 1.63.